The first-order valence-electron chi connectivity index (χ1n) is 13.5. The monoisotopic (exact) mass is 404 g/mol. The lowest BCUT2D eigenvalue weighted by Gasteiger charge is -2.13. The summed E-state index contributed by atoms with van der Waals surface area (Å²) in [5.74, 6) is 1.73. The quantitative estimate of drug-likeness (QED) is 0.117. The number of unbranched alkanes of at least 4 members (excludes halogenated alkanes) is 14. The number of allylic oxidation sites excluding steroid dienone is 2. The molecule has 29 heavy (non-hydrogen) atoms. The Bertz CT molecular complexity index is 316. The first-order valence-corrected chi connectivity index (χ1v) is 13.5. The Hall–Kier alpha value is -0.260. The van der Waals surface area contributed by atoms with E-state index in [2.05, 4.69) is 39.8 Å². The molecule has 0 heteroatoms. The van der Waals surface area contributed by atoms with Crippen molar-refractivity contribution in [1.82, 2.24) is 0 Å². The molecule has 0 aromatic heterocycles. The van der Waals surface area contributed by atoms with E-state index in [0.717, 1.165) is 31.1 Å². The van der Waals surface area contributed by atoms with E-state index in [-0.39, 0.29) is 0 Å². The largest absolute Gasteiger partial charge is 0.0883 e. The van der Waals surface area contributed by atoms with Crippen LogP contribution in [0.5, 0.6) is 0 Å². The van der Waals surface area contributed by atoms with Gasteiger partial charge in [-0.3, -0.25) is 0 Å². The van der Waals surface area contributed by atoms with Gasteiger partial charge in [-0.05, 0) is 31.1 Å². The van der Waals surface area contributed by atoms with Crippen LogP contribution in [0.2, 0.25) is 0 Å². The van der Waals surface area contributed by atoms with Crippen molar-refractivity contribution in [2.24, 2.45) is 11.8 Å². The Morgan fingerprint density at radius 2 is 1.03 bits per heavy atom. The van der Waals surface area contributed by atoms with Crippen molar-refractivity contribution in [1.29, 1.82) is 0 Å². The maximum absolute atomic E-state index is 3.98. The summed E-state index contributed by atoms with van der Waals surface area (Å²) in [4.78, 5) is 0. The summed E-state index contributed by atoms with van der Waals surface area (Å²) in [7, 11) is 0. The van der Waals surface area contributed by atoms with Crippen molar-refractivity contribution in [3.8, 4) is 0 Å². The van der Waals surface area contributed by atoms with Gasteiger partial charge < -0.3 is 0 Å². The van der Waals surface area contributed by atoms with Gasteiger partial charge in [-0.2, -0.15) is 0 Å². The van der Waals surface area contributed by atoms with Gasteiger partial charge in [0.25, 0.3) is 0 Å². The first-order chi connectivity index (χ1) is 14.2. The van der Waals surface area contributed by atoms with Crippen molar-refractivity contribution < 1.29 is 0 Å². The lowest BCUT2D eigenvalue weighted by molar-refractivity contribution is 0.402. The molecule has 0 bridgehead atoms. The van der Waals surface area contributed by atoms with Crippen molar-refractivity contribution in [2.75, 3.05) is 0 Å². The average molecular weight is 405 g/mol. The van der Waals surface area contributed by atoms with Crippen LogP contribution < -0.4 is 0 Å². The molecule has 0 aromatic rings. The van der Waals surface area contributed by atoms with Gasteiger partial charge in [0.15, 0.2) is 0 Å². The minimum atomic E-state index is 0.758. The first kappa shape index (κ1) is 28.7. The molecule has 2 unspecified atom stereocenters. The molecule has 0 fully saturated rings. The molecule has 0 saturated carbocycles. The fraction of sp³-hybridized carbons (Fsp3) is 0.862. The summed E-state index contributed by atoms with van der Waals surface area (Å²) >= 11 is 0. The van der Waals surface area contributed by atoms with Crippen molar-refractivity contribution >= 4 is 0 Å². The number of rotatable bonds is 23. The second-order valence-electron chi connectivity index (χ2n) is 9.49. The number of hydrogen-bond acceptors (Lipinski definition) is 0. The van der Waals surface area contributed by atoms with Crippen LogP contribution in [0.25, 0.3) is 0 Å². The SMILES string of the molecule is [CH2]CC/C=C/C(C)CCCCCCCCCCCCCCCC(CC)CCC[CH2]. The van der Waals surface area contributed by atoms with Gasteiger partial charge in [-0.1, -0.05) is 155 Å². The van der Waals surface area contributed by atoms with Crippen LogP contribution in [0, 0.1) is 25.7 Å². The molecule has 0 saturated heterocycles. The van der Waals surface area contributed by atoms with Gasteiger partial charge in [-0.25, -0.2) is 0 Å². The van der Waals surface area contributed by atoms with Crippen LogP contribution in [0.4, 0.5) is 0 Å². The minimum absolute atomic E-state index is 0.758. The highest BCUT2D eigenvalue weighted by atomic mass is 14.1. The molecule has 0 aliphatic heterocycles. The van der Waals surface area contributed by atoms with Gasteiger partial charge in [0, 0.05) is 0 Å². The molecule has 2 radical (unpaired) electrons. The van der Waals surface area contributed by atoms with E-state index in [1.165, 1.54) is 116 Å². The number of hydrogen-bond donors (Lipinski definition) is 0. The van der Waals surface area contributed by atoms with Gasteiger partial charge in [0.1, 0.15) is 0 Å². The molecule has 0 rings (SSSR count). The van der Waals surface area contributed by atoms with Crippen LogP contribution in [-0.2, 0) is 0 Å². The summed E-state index contributed by atoms with van der Waals surface area (Å²) in [5, 5.41) is 0. The molecule has 0 heterocycles. The summed E-state index contributed by atoms with van der Waals surface area (Å²) in [6, 6.07) is 0. The van der Waals surface area contributed by atoms with Crippen LogP contribution in [0.15, 0.2) is 12.2 Å². The predicted octanol–water partition coefficient (Wildman–Crippen LogP) is 10.7. The third kappa shape index (κ3) is 22.3. The summed E-state index contributed by atoms with van der Waals surface area (Å²) in [5.41, 5.74) is 0. The smallest absolute Gasteiger partial charge is 0.0262 e. The highest BCUT2D eigenvalue weighted by molar-refractivity contribution is 4.86. The molecule has 0 nitrogen and oxygen atoms in total. The zero-order chi connectivity index (χ0) is 21.4. The van der Waals surface area contributed by atoms with Crippen LogP contribution in [-0.4, -0.2) is 0 Å². The Balaban J connectivity index is 3.22. The standard InChI is InChI=1S/C29H56/c1-5-8-21-24-28(4)25-22-19-17-15-13-11-10-12-14-16-18-20-23-27-29(7-3)26-9-6-2/h21,24,28-29H,1-2,5-20,22-23,25-27H2,3-4H3/b24-21+. The zero-order valence-electron chi connectivity index (χ0n) is 20.6. The molecule has 0 aliphatic rings. The highest BCUT2D eigenvalue weighted by Gasteiger charge is 2.05. The van der Waals surface area contributed by atoms with E-state index in [1.54, 1.807) is 0 Å². The van der Waals surface area contributed by atoms with Gasteiger partial charge in [-0.15, -0.1) is 0 Å². The molecule has 0 aromatic carbocycles. The molecular formula is C29H56. The Morgan fingerprint density at radius 1 is 0.586 bits per heavy atom. The summed E-state index contributed by atoms with van der Waals surface area (Å²) in [6.07, 6.45) is 33.9. The molecule has 0 spiro atoms. The molecule has 172 valence electrons. The van der Waals surface area contributed by atoms with E-state index in [1.807, 2.05) is 0 Å². The molecule has 0 amide bonds. The fourth-order valence-electron chi connectivity index (χ4n) is 4.37. The van der Waals surface area contributed by atoms with Crippen molar-refractivity contribution in [3.05, 3.63) is 26.0 Å². The molecule has 2 atom stereocenters. The highest BCUT2D eigenvalue weighted by Crippen LogP contribution is 2.21. The lowest BCUT2D eigenvalue weighted by Crippen LogP contribution is -1.98. The maximum Gasteiger partial charge on any atom is -0.0262 e. The Morgan fingerprint density at radius 3 is 1.48 bits per heavy atom. The Kier molecular flexibility index (Phi) is 23.8. The van der Waals surface area contributed by atoms with Crippen LogP contribution in [0.1, 0.15) is 149 Å². The second kappa shape index (κ2) is 24.0. The average Bonchev–Trinajstić information content (AvgIpc) is 2.73. The van der Waals surface area contributed by atoms with Gasteiger partial charge in [0.05, 0.1) is 0 Å². The van der Waals surface area contributed by atoms with Gasteiger partial charge >= 0.3 is 0 Å². The fourth-order valence-corrected chi connectivity index (χ4v) is 4.37. The van der Waals surface area contributed by atoms with E-state index in [4.69, 9.17) is 0 Å². The third-order valence-electron chi connectivity index (χ3n) is 6.55. The van der Waals surface area contributed by atoms with E-state index in [9.17, 15) is 0 Å². The lowest BCUT2D eigenvalue weighted by atomic mass is 9.93. The molecule has 0 aliphatic carbocycles. The van der Waals surface area contributed by atoms with Crippen molar-refractivity contribution in [2.45, 2.75) is 149 Å². The van der Waals surface area contributed by atoms with E-state index < -0.39 is 0 Å². The minimum Gasteiger partial charge on any atom is -0.0883 e. The molecular weight excluding hydrogens is 348 g/mol. The van der Waals surface area contributed by atoms with Crippen LogP contribution >= 0.6 is 0 Å². The van der Waals surface area contributed by atoms with E-state index >= 15 is 0 Å². The molecule has 0 N–H and O–H groups in total. The van der Waals surface area contributed by atoms with Crippen LogP contribution in [0.3, 0.4) is 0 Å². The van der Waals surface area contributed by atoms with Crippen molar-refractivity contribution in [3.63, 3.8) is 0 Å². The second-order valence-corrected chi connectivity index (χ2v) is 9.49. The summed E-state index contributed by atoms with van der Waals surface area (Å²) < 4.78 is 0. The normalized spacial score (nSPS) is 13.9. The third-order valence-corrected chi connectivity index (χ3v) is 6.55. The zero-order valence-corrected chi connectivity index (χ0v) is 20.6. The Labute approximate surface area is 186 Å². The summed E-state index contributed by atoms with van der Waals surface area (Å²) in [6.45, 7) is 12.6. The van der Waals surface area contributed by atoms with E-state index in [0.29, 0.717) is 0 Å². The maximum atomic E-state index is 3.98. The predicted molar refractivity (Wildman–Crippen MR) is 135 cm³/mol. The van der Waals surface area contributed by atoms with Gasteiger partial charge in [0.2, 0.25) is 0 Å². The topological polar surface area (TPSA) is 0 Å².